The van der Waals surface area contributed by atoms with E-state index in [0.29, 0.717) is 19.3 Å². The minimum Gasteiger partial charge on any atom is -0.481 e. The number of amides is 2. The molecule has 0 radical (unpaired) electrons. The van der Waals surface area contributed by atoms with Gasteiger partial charge in [-0.25, -0.2) is 4.39 Å². The molecule has 0 heterocycles. The molecule has 3 aromatic rings. The second-order valence-corrected chi connectivity index (χ2v) is 11.3. The fraction of sp³-hybridized carbons (Fsp3) is 0.364. The lowest BCUT2D eigenvalue weighted by Crippen LogP contribution is -2.55. The van der Waals surface area contributed by atoms with E-state index in [4.69, 9.17) is 0 Å². The van der Waals surface area contributed by atoms with Crippen molar-refractivity contribution in [1.82, 2.24) is 10.6 Å². The summed E-state index contributed by atoms with van der Waals surface area (Å²) in [5.74, 6) is -2.97. The molecule has 40 heavy (non-hydrogen) atoms. The van der Waals surface area contributed by atoms with E-state index in [1.807, 2.05) is 88.4 Å². The molecule has 6 nitrogen and oxygen atoms in total. The monoisotopic (exact) mass is 546 g/mol. The second-order valence-electron chi connectivity index (χ2n) is 11.3. The lowest BCUT2D eigenvalue weighted by atomic mass is 9.85. The van der Waals surface area contributed by atoms with Gasteiger partial charge in [0.25, 0.3) is 0 Å². The summed E-state index contributed by atoms with van der Waals surface area (Å²) >= 11 is 0. The van der Waals surface area contributed by atoms with Crippen LogP contribution in [-0.2, 0) is 20.8 Å². The van der Waals surface area contributed by atoms with E-state index in [9.17, 15) is 23.9 Å². The topological polar surface area (TPSA) is 95.5 Å². The number of hydrogen-bond acceptors (Lipinski definition) is 3. The largest absolute Gasteiger partial charge is 0.481 e. The van der Waals surface area contributed by atoms with E-state index in [0.717, 1.165) is 22.3 Å². The van der Waals surface area contributed by atoms with Crippen molar-refractivity contribution < 1.29 is 23.9 Å². The molecule has 7 heteroatoms. The minimum atomic E-state index is -1.07. The van der Waals surface area contributed by atoms with Crippen LogP contribution < -0.4 is 10.6 Å². The van der Waals surface area contributed by atoms with Crippen molar-refractivity contribution in [1.29, 1.82) is 0 Å². The van der Waals surface area contributed by atoms with E-state index in [-0.39, 0.29) is 24.2 Å². The smallest absolute Gasteiger partial charge is 0.304 e. The van der Waals surface area contributed by atoms with Crippen LogP contribution in [0.25, 0.3) is 11.1 Å². The average Bonchev–Trinajstić information content (AvgIpc) is 2.90. The number of carboxylic acid groups (broad SMARTS) is 1. The maximum atomic E-state index is 13.8. The van der Waals surface area contributed by atoms with Crippen LogP contribution in [0.1, 0.15) is 64.1 Å². The number of benzene rings is 3. The quantitative estimate of drug-likeness (QED) is 0.248. The molecule has 2 amide bonds. The molecular formula is C33H39FN2O4. The summed E-state index contributed by atoms with van der Waals surface area (Å²) in [5.41, 5.74) is 2.99. The van der Waals surface area contributed by atoms with Gasteiger partial charge in [0.15, 0.2) is 0 Å². The van der Waals surface area contributed by atoms with Gasteiger partial charge in [-0.1, -0.05) is 87.5 Å². The van der Waals surface area contributed by atoms with Gasteiger partial charge in [-0.05, 0) is 66.0 Å². The molecule has 0 fully saturated rings. The number of aryl methyl sites for hydroxylation is 1. The van der Waals surface area contributed by atoms with E-state index < -0.39 is 29.3 Å². The minimum absolute atomic E-state index is 0.261. The van der Waals surface area contributed by atoms with Crippen molar-refractivity contribution in [2.75, 3.05) is 0 Å². The molecule has 0 saturated heterocycles. The fourth-order valence-electron chi connectivity index (χ4n) is 4.81. The third-order valence-electron chi connectivity index (χ3n) is 7.02. The molecular weight excluding hydrogens is 507 g/mol. The molecule has 0 aliphatic heterocycles. The first-order valence-corrected chi connectivity index (χ1v) is 13.7. The zero-order chi connectivity index (χ0) is 29.3. The number of nitrogens with one attached hydrogen (secondary N) is 2. The van der Waals surface area contributed by atoms with Crippen LogP contribution in [0.5, 0.6) is 0 Å². The third kappa shape index (κ3) is 8.76. The summed E-state index contributed by atoms with van der Waals surface area (Å²) in [5, 5.41) is 15.4. The van der Waals surface area contributed by atoms with Crippen molar-refractivity contribution in [3.8, 4) is 11.1 Å². The van der Waals surface area contributed by atoms with Crippen LogP contribution in [0.2, 0.25) is 0 Å². The Bertz CT molecular complexity index is 1300. The van der Waals surface area contributed by atoms with Gasteiger partial charge in [-0.2, -0.15) is 0 Å². The predicted molar refractivity (Wildman–Crippen MR) is 155 cm³/mol. The number of hydrogen-bond donors (Lipinski definition) is 3. The summed E-state index contributed by atoms with van der Waals surface area (Å²) in [4.78, 5) is 38.3. The van der Waals surface area contributed by atoms with Gasteiger partial charge in [0, 0.05) is 5.92 Å². The van der Waals surface area contributed by atoms with Crippen LogP contribution >= 0.6 is 0 Å². The zero-order valence-electron chi connectivity index (χ0n) is 23.6. The van der Waals surface area contributed by atoms with Crippen molar-refractivity contribution >= 4 is 17.8 Å². The standard InChI is InChI=1S/C33H39FN2O4/c1-22(23-12-6-5-7-13-23)35-32(40)30(33(2,3)4)36-31(39)26(21-29(37)38)17-10-15-24-14-8-9-19-28(24)25-16-11-18-27(34)20-25/h5-9,11-14,16,18-20,22,26,30H,10,15,17,21H2,1-4H3,(H,35,40)(H,36,39)(H,37,38)/t22-,26-,30-/m1/s1. The maximum Gasteiger partial charge on any atom is 0.304 e. The molecule has 0 unspecified atom stereocenters. The van der Waals surface area contributed by atoms with Crippen LogP contribution in [-0.4, -0.2) is 28.9 Å². The highest BCUT2D eigenvalue weighted by molar-refractivity contribution is 5.90. The predicted octanol–water partition coefficient (Wildman–Crippen LogP) is 6.31. The maximum absolute atomic E-state index is 13.8. The van der Waals surface area contributed by atoms with Crippen LogP contribution in [0, 0.1) is 17.2 Å². The Morgan fingerprint density at radius 3 is 2.20 bits per heavy atom. The highest BCUT2D eigenvalue weighted by Crippen LogP contribution is 2.27. The first-order valence-electron chi connectivity index (χ1n) is 13.7. The molecule has 3 atom stereocenters. The zero-order valence-corrected chi connectivity index (χ0v) is 23.6. The Kier molecular flexibility index (Phi) is 10.6. The normalized spacial score (nSPS) is 13.6. The summed E-state index contributed by atoms with van der Waals surface area (Å²) in [6, 6.07) is 22.5. The van der Waals surface area contributed by atoms with Gasteiger partial charge in [-0.15, -0.1) is 0 Å². The molecule has 0 bridgehead atoms. The summed E-state index contributed by atoms with van der Waals surface area (Å²) < 4.78 is 13.8. The highest BCUT2D eigenvalue weighted by atomic mass is 19.1. The number of halogens is 1. The van der Waals surface area contributed by atoms with E-state index in [1.165, 1.54) is 12.1 Å². The highest BCUT2D eigenvalue weighted by Gasteiger charge is 2.35. The summed E-state index contributed by atoms with van der Waals surface area (Å²) in [6.07, 6.45) is 1.13. The number of carbonyl (C=O) groups is 3. The Labute approximate surface area is 236 Å². The molecule has 0 spiro atoms. The van der Waals surface area contributed by atoms with Gasteiger partial charge >= 0.3 is 5.97 Å². The number of carboxylic acids is 1. The first-order chi connectivity index (χ1) is 19.0. The molecule has 3 N–H and O–H groups in total. The number of rotatable bonds is 12. The van der Waals surface area contributed by atoms with E-state index >= 15 is 0 Å². The lowest BCUT2D eigenvalue weighted by Gasteiger charge is -2.32. The van der Waals surface area contributed by atoms with Crippen molar-refractivity contribution in [3.63, 3.8) is 0 Å². The first kappa shape index (κ1) is 30.5. The van der Waals surface area contributed by atoms with Crippen LogP contribution in [0.15, 0.2) is 78.9 Å². The van der Waals surface area contributed by atoms with Gasteiger partial charge in [0.05, 0.1) is 12.5 Å². The SMILES string of the molecule is C[C@@H](NC(=O)[C@@H](NC(=O)[C@H](CCCc1ccccc1-c1cccc(F)c1)CC(=O)O)C(C)(C)C)c1ccccc1. The summed E-state index contributed by atoms with van der Waals surface area (Å²) in [7, 11) is 0. The van der Waals surface area contributed by atoms with Crippen LogP contribution in [0.4, 0.5) is 4.39 Å². The van der Waals surface area contributed by atoms with E-state index in [2.05, 4.69) is 10.6 Å². The van der Waals surface area contributed by atoms with Gasteiger partial charge in [0.1, 0.15) is 11.9 Å². The molecule has 212 valence electrons. The molecule has 0 aliphatic carbocycles. The second kappa shape index (κ2) is 13.9. The molecule has 0 aromatic heterocycles. The lowest BCUT2D eigenvalue weighted by molar-refractivity contribution is -0.142. The van der Waals surface area contributed by atoms with Crippen molar-refractivity contribution in [3.05, 3.63) is 95.8 Å². The fourth-order valence-corrected chi connectivity index (χ4v) is 4.81. The molecule has 0 aliphatic rings. The third-order valence-corrected chi connectivity index (χ3v) is 7.02. The molecule has 3 aromatic carbocycles. The van der Waals surface area contributed by atoms with Gasteiger partial charge in [0.2, 0.25) is 11.8 Å². The Morgan fingerprint density at radius 1 is 0.875 bits per heavy atom. The molecule has 3 rings (SSSR count). The van der Waals surface area contributed by atoms with Crippen molar-refractivity contribution in [2.45, 2.75) is 65.5 Å². The number of aliphatic carboxylic acids is 1. The Morgan fingerprint density at radius 2 is 1.55 bits per heavy atom. The van der Waals surface area contributed by atoms with E-state index in [1.54, 1.807) is 6.07 Å². The van der Waals surface area contributed by atoms with Crippen LogP contribution in [0.3, 0.4) is 0 Å². The summed E-state index contributed by atoms with van der Waals surface area (Å²) in [6.45, 7) is 7.46. The Hall–Kier alpha value is -4.00. The number of carbonyl (C=O) groups excluding carboxylic acids is 2. The molecule has 0 saturated carbocycles. The van der Waals surface area contributed by atoms with Gasteiger partial charge < -0.3 is 15.7 Å². The van der Waals surface area contributed by atoms with Crippen molar-refractivity contribution in [2.24, 2.45) is 11.3 Å². The Balaban J connectivity index is 1.70. The average molecular weight is 547 g/mol. The van der Waals surface area contributed by atoms with Gasteiger partial charge in [-0.3, -0.25) is 14.4 Å².